The maximum absolute atomic E-state index is 12.5. The minimum absolute atomic E-state index is 0.166. The van der Waals surface area contributed by atoms with Gasteiger partial charge < -0.3 is 9.15 Å². The standard InChI is InChI=1S/C23H12Br2Cl2I2N2O3/c24-14-5-13-6-20(34-21(13)16(25)7-14)23(32)31-30-9-11-3-18(28)22(19(29)4-11)33-10-12-1-2-15(26)8-17(12)27/h1-9H,10H2,(H,31,32)/b30-9-. The molecule has 1 amide bonds. The molecule has 0 aliphatic rings. The van der Waals surface area contributed by atoms with E-state index in [-0.39, 0.29) is 5.76 Å². The van der Waals surface area contributed by atoms with Gasteiger partial charge >= 0.3 is 5.91 Å². The SMILES string of the molecule is O=C(N/N=C\c1cc(I)c(OCc2ccc(Cl)cc2Cl)c(I)c1)c1cc2cc(Br)cc(Br)c2o1. The smallest absolute Gasteiger partial charge is 0.307 e. The molecular formula is C23H12Br2Cl2I2N2O3. The number of hydrazone groups is 1. The van der Waals surface area contributed by atoms with Gasteiger partial charge in [0.1, 0.15) is 17.9 Å². The Morgan fingerprint density at radius 1 is 1.09 bits per heavy atom. The lowest BCUT2D eigenvalue weighted by Crippen LogP contribution is -2.16. The van der Waals surface area contributed by atoms with Crippen molar-refractivity contribution in [1.82, 2.24) is 5.43 Å². The first kappa shape index (κ1) is 26.2. The molecule has 0 saturated heterocycles. The summed E-state index contributed by atoms with van der Waals surface area (Å²) in [5.74, 6) is 0.465. The number of hydrogen-bond acceptors (Lipinski definition) is 4. The van der Waals surface area contributed by atoms with E-state index in [1.807, 2.05) is 30.3 Å². The number of nitrogens with zero attached hydrogens (tertiary/aromatic N) is 1. The van der Waals surface area contributed by atoms with Crippen LogP contribution in [0.25, 0.3) is 11.0 Å². The van der Waals surface area contributed by atoms with Crippen molar-refractivity contribution in [1.29, 1.82) is 0 Å². The zero-order valence-corrected chi connectivity index (χ0v) is 25.8. The molecule has 1 N–H and O–H groups in total. The van der Waals surface area contributed by atoms with Crippen molar-refractivity contribution in [2.75, 3.05) is 0 Å². The molecule has 0 radical (unpaired) electrons. The third kappa shape index (κ3) is 6.28. The lowest BCUT2D eigenvalue weighted by Gasteiger charge is -2.12. The molecule has 0 fully saturated rings. The second-order valence-corrected chi connectivity index (χ2v) is 11.9. The Balaban J connectivity index is 1.43. The molecule has 4 aromatic rings. The van der Waals surface area contributed by atoms with Crippen molar-refractivity contribution in [3.8, 4) is 5.75 Å². The number of ether oxygens (including phenoxy) is 1. The van der Waals surface area contributed by atoms with Gasteiger partial charge in [-0.25, -0.2) is 5.43 Å². The topological polar surface area (TPSA) is 63.8 Å². The van der Waals surface area contributed by atoms with Crippen molar-refractivity contribution in [3.63, 3.8) is 0 Å². The van der Waals surface area contributed by atoms with Gasteiger partial charge in [-0.3, -0.25) is 4.79 Å². The maximum Gasteiger partial charge on any atom is 0.307 e. The quantitative estimate of drug-likeness (QED) is 0.120. The van der Waals surface area contributed by atoms with Crippen LogP contribution in [0, 0.1) is 7.14 Å². The zero-order chi connectivity index (χ0) is 24.4. The molecule has 0 aliphatic heterocycles. The number of halogens is 6. The molecule has 0 bridgehead atoms. The van der Waals surface area contributed by atoms with Crippen molar-refractivity contribution in [2.45, 2.75) is 6.61 Å². The number of hydrogen-bond donors (Lipinski definition) is 1. The molecular weight excluding hydrogens is 837 g/mol. The number of furan rings is 1. The molecule has 0 saturated carbocycles. The molecule has 1 aromatic heterocycles. The summed E-state index contributed by atoms with van der Waals surface area (Å²) in [7, 11) is 0. The van der Waals surface area contributed by atoms with Gasteiger partial charge in [-0.05, 0) is 109 Å². The van der Waals surface area contributed by atoms with Gasteiger partial charge in [0.2, 0.25) is 0 Å². The van der Waals surface area contributed by atoms with E-state index in [0.29, 0.717) is 22.2 Å². The molecule has 11 heteroatoms. The fourth-order valence-corrected chi connectivity index (χ4v) is 6.92. The summed E-state index contributed by atoms with van der Waals surface area (Å²) in [5.41, 5.74) is 4.75. The highest BCUT2D eigenvalue weighted by Gasteiger charge is 2.14. The Morgan fingerprint density at radius 2 is 1.82 bits per heavy atom. The molecule has 34 heavy (non-hydrogen) atoms. The summed E-state index contributed by atoms with van der Waals surface area (Å²) < 4.78 is 15.1. The van der Waals surface area contributed by atoms with E-state index in [4.69, 9.17) is 32.4 Å². The van der Waals surface area contributed by atoms with E-state index in [1.54, 1.807) is 24.4 Å². The Bertz CT molecular complexity index is 1420. The average Bonchev–Trinajstić information content (AvgIpc) is 3.19. The minimum Gasteiger partial charge on any atom is -0.487 e. The van der Waals surface area contributed by atoms with Gasteiger partial charge in [-0.1, -0.05) is 45.2 Å². The summed E-state index contributed by atoms with van der Waals surface area (Å²) in [6.45, 7) is 0.315. The number of benzene rings is 3. The Labute approximate surface area is 249 Å². The van der Waals surface area contributed by atoms with E-state index in [9.17, 15) is 4.79 Å². The van der Waals surface area contributed by atoms with Crippen LogP contribution in [0.3, 0.4) is 0 Å². The summed E-state index contributed by atoms with van der Waals surface area (Å²) in [5, 5.41) is 6.01. The molecule has 1 heterocycles. The molecule has 4 rings (SSSR count). The average molecular weight is 849 g/mol. The summed E-state index contributed by atoms with van der Waals surface area (Å²) in [6, 6.07) is 14.5. The van der Waals surface area contributed by atoms with Crippen LogP contribution in [0.1, 0.15) is 21.7 Å². The molecule has 0 atom stereocenters. The van der Waals surface area contributed by atoms with E-state index in [2.05, 4.69) is 87.6 Å². The van der Waals surface area contributed by atoms with Gasteiger partial charge in [0.25, 0.3) is 0 Å². The van der Waals surface area contributed by atoms with Crippen molar-refractivity contribution < 1.29 is 13.9 Å². The van der Waals surface area contributed by atoms with Gasteiger partial charge in [0.15, 0.2) is 5.76 Å². The van der Waals surface area contributed by atoms with Gasteiger partial charge in [-0.2, -0.15) is 5.10 Å². The van der Waals surface area contributed by atoms with Gasteiger partial charge in [-0.15, -0.1) is 0 Å². The molecule has 5 nitrogen and oxygen atoms in total. The maximum atomic E-state index is 12.5. The van der Waals surface area contributed by atoms with Crippen LogP contribution in [-0.4, -0.2) is 12.1 Å². The predicted molar refractivity (Wildman–Crippen MR) is 159 cm³/mol. The van der Waals surface area contributed by atoms with Crippen molar-refractivity contribution in [2.24, 2.45) is 5.10 Å². The van der Waals surface area contributed by atoms with Crippen LogP contribution in [-0.2, 0) is 6.61 Å². The lowest BCUT2D eigenvalue weighted by atomic mass is 10.2. The van der Waals surface area contributed by atoms with E-state index in [1.165, 1.54) is 0 Å². The highest BCUT2D eigenvalue weighted by atomic mass is 127. The van der Waals surface area contributed by atoms with Gasteiger partial charge in [0, 0.05) is 25.5 Å². The number of carbonyl (C=O) groups excluding carboxylic acids is 1. The summed E-state index contributed by atoms with van der Waals surface area (Å²) in [6.07, 6.45) is 1.57. The molecule has 0 unspecified atom stereocenters. The summed E-state index contributed by atoms with van der Waals surface area (Å²) >= 11 is 23.4. The van der Waals surface area contributed by atoms with Crippen LogP contribution in [0.2, 0.25) is 10.0 Å². The second-order valence-electron chi connectivity index (χ2n) is 6.95. The number of rotatable bonds is 6. The Kier molecular flexibility index (Phi) is 8.84. The van der Waals surface area contributed by atoms with Crippen LogP contribution >= 0.6 is 100 Å². The van der Waals surface area contributed by atoms with Crippen molar-refractivity contribution >= 4 is 123 Å². The van der Waals surface area contributed by atoms with Crippen LogP contribution in [0.5, 0.6) is 5.75 Å². The Morgan fingerprint density at radius 3 is 2.53 bits per heavy atom. The van der Waals surface area contributed by atoms with E-state index < -0.39 is 5.91 Å². The van der Waals surface area contributed by atoms with Gasteiger partial charge in [0.05, 0.1) is 17.8 Å². The predicted octanol–water partition coefficient (Wildman–Crippen LogP) is 8.82. The highest BCUT2D eigenvalue weighted by Crippen LogP contribution is 2.32. The Hall–Kier alpha value is -0.860. The second kappa shape index (κ2) is 11.5. The van der Waals surface area contributed by atoms with Crippen LogP contribution in [0.4, 0.5) is 0 Å². The molecule has 174 valence electrons. The van der Waals surface area contributed by atoms with E-state index >= 15 is 0 Å². The number of carbonyl (C=O) groups is 1. The molecule has 0 spiro atoms. The summed E-state index contributed by atoms with van der Waals surface area (Å²) in [4.78, 5) is 12.5. The largest absolute Gasteiger partial charge is 0.487 e. The normalized spacial score (nSPS) is 11.4. The highest BCUT2D eigenvalue weighted by molar-refractivity contribution is 14.1. The molecule has 3 aromatic carbocycles. The fourth-order valence-electron chi connectivity index (χ4n) is 2.99. The third-order valence-corrected chi connectivity index (χ3v) is 7.78. The van der Waals surface area contributed by atoms with Crippen LogP contribution < -0.4 is 10.2 Å². The first-order chi connectivity index (χ1) is 16.2. The fraction of sp³-hybridized carbons (Fsp3) is 0.0435. The number of amides is 1. The van der Waals surface area contributed by atoms with Crippen LogP contribution in [0.15, 0.2) is 67.0 Å². The van der Waals surface area contributed by atoms with Crippen molar-refractivity contribution in [3.05, 3.63) is 91.5 Å². The monoisotopic (exact) mass is 846 g/mol. The lowest BCUT2D eigenvalue weighted by molar-refractivity contribution is 0.0929. The molecule has 0 aliphatic carbocycles. The first-order valence-electron chi connectivity index (χ1n) is 9.49. The minimum atomic E-state index is -0.445. The van der Waals surface area contributed by atoms with E-state index in [0.717, 1.165) is 38.3 Å². The third-order valence-electron chi connectivity index (χ3n) is 4.55. The first-order valence-corrected chi connectivity index (χ1v) is 14.0. The zero-order valence-electron chi connectivity index (χ0n) is 16.8. The number of fused-ring (bicyclic) bond motifs is 1. The number of nitrogens with one attached hydrogen (secondary N) is 1.